The van der Waals surface area contributed by atoms with Crippen LogP contribution in [0.25, 0.3) is 0 Å². The normalized spacial score (nSPS) is 10.7. The molecular formula is C23H28N4O5. The van der Waals surface area contributed by atoms with Gasteiger partial charge >= 0.3 is 11.8 Å². The summed E-state index contributed by atoms with van der Waals surface area (Å²) < 4.78 is 10.9. The number of para-hydroxylation sites is 1. The second-order valence-corrected chi connectivity index (χ2v) is 7.37. The van der Waals surface area contributed by atoms with Crippen molar-refractivity contribution in [3.8, 4) is 11.5 Å². The first kappa shape index (κ1) is 24.4. The van der Waals surface area contributed by atoms with Crippen molar-refractivity contribution in [2.45, 2.75) is 20.8 Å². The van der Waals surface area contributed by atoms with Crippen LogP contribution in [0.3, 0.4) is 0 Å². The smallest absolute Gasteiger partial charge is 0.329 e. The maximum Gasteiger partial charge on any atom is 0.329 e. The van der Waals surface area contributed by atoms with Gasteiger partial charge in [-0.2, -0.15) is 5.10 Å². The van der Waals surface area contributed by atoms with Crippen LogP contribution in [-0.4, -0.2) is 44.2 Å². The van der Waals surface area contributed by atoms with E-state index >= 15 is 0 Å². The molecule has 0 fully saturated rings. The number of nitrogens with one attached hydrogen (secondary N) is 3. The lowest BCUT2D eigenvalue weighted by molar-refractivity contribution is -0.139. The molecule has 0 spiro atoms. The van der Waals surface area contributed by atoms with Gasteiger partial charge in [-0.15, -0.1) is 0 Å². The molecule has 0 atom stereocenters. The number of aryl methyl sites for hydroxylation is 1. The van der Waals surface area contributed by atoms with E-state index < -0.39 is 11.8 Å². The molecule has 0 aliphatic carbocycles. The summed E-state index contributed by atoms with van der Waals surface area (Å²) in [5.74, 6) is -0.905. The summed E-state index contributed by atoms with van der Waals surface area (Å²) in [4.78, 5) is 35.5. The van der Waals surface area contributed by atoms with Gasteiger partial charge < -0.3 is 20.1 Å². The average Bonchev–Trinajstić information content (AvgIpc) is 2.77. The van der Waals surface area contributed by atoms with Crippen LogP contribution >= 0.6 is 0 Å². The highest BCUT2D eigenvalue weighted by Gasteiger charge is 2.13. The first-order valence-corrected chi connectivity index (χ1v) is 10.1. The maximum absolute atomic E-state index is 12.2. The van der Waals surface area contributed by atoms with Gasteiger partial charge in [0.2, 0.25) is 0 Å². The summed E-state index contributed by atoms with van der Waals surface area (Å²) in [6, 6.07) is 12.4. The van der Waals surface area contributed by atoms with Gasteiger partial charge in [-0.3, -0.25) is 14.4 Å². The summed E-state index contributed by atoms with van der Waals surface area (Å²) >= 11 is 0. The summed E-state index contributed by atoms with van der Waals surface area (Å²) in [5, 5.41) is 9.07. The summed E-state index contributed by atoms with van der Waals surface area (Å²) in [6.45, 7) is 5.96. The molecule has 0 aliphatic heterocycles. The van der Waals surface area contributed by atoms with Crippen LogP contribution in [0, 0.1) is 12.8 Å². The Labute approximate surface area is 187 Å². The SMILES string of the molecule is COc1cc(/C=N\NC(=O)C(=O)NCC(C)C)ccc1OCC(=O)Nc1ccccc1C. The van der Waals surface area contributed by atoms with Crippen LogP contribution in [0.4, 0.5) is 5.69 Å². The number of anilines is 1. The minimum Gasteiger partial charge on any atom is -0.493 e. The number of hydrogen-bond acceptors (Lipinski definition) is 6. The van der Waals surface area contributed by atoms with E-state index in [2.05, 4.69) is 21.2 Å². The monoisotopic (exact) mass is 440 g/mol. The highest BCUT2D eigenvalue weighted by molar-refractivity contribution is 6.35. The minimum atomic E-state index is -0.853. The molecule has 0 bridgehead atoms. The zero-order valence-corrected chi connectivity index (χ0v) is 18.6. The molecule has 0 saturated heterocycles. The molecule has 32 heavy (non-hydrogen) atoms. The molecule has 2 aromatic rings. The number of amides is 3. The van der Waals surface area contributed by atoms with Gasteiger partial charge in [-0.25, -0.2) is 5.43 Å². The van der Waals surface area contributed by atoms with Crippen molar-refractivity contribution in [3.05, 3.63) is 53.6 Å². The molecular weight excluding hydrogens is 412 g/mol. The number of methoxy groups -OCH3 is 1. The second-order valence-electron chi connectivity index (χ2n) is 7.37. The number of rotatable bonds is 9. The standard InChI is InChI=1S/C23H28N4O5/c1-15(2)12-24-22(29)23(30)27-25-13-17-9-10-19(20(11-17)31-4)32-14-21(28)26-18-8-6-5-7-16(18)3/h5-11,13,15H,12,14H2,1-4H3,(H,24,29)(H,26,28)(H,27,30)/b25-13-. The first-order valence-electron chi connectivity index (χ1n) is 10.1. The predicted molar refractivity (Wildman–Crippen MR) is 122 cm³/mol. The Morgan fingerprint density at radius 2 is 1.81 bits per heavy atom. The Morgan fingerprint density at radius 1 is 1.06 bits per heavy atom. The van der Waals surface area contributed by atoms with Crippen LogP contribution in [0.1, 0.15) is 25.0 Å². The summed E-state index contributed by atoms with van der Waals surface area (Å²) in [6.07, 6.45) is 1.37. The van der Waals surface area contributed by atoms with E-state index in [9.17, 15) is 14.4 Å². The van der Waals surface area contributed by atoms with Crippen LogP contribution in [-0.2, 0) is 14.4 Å². The van der Waals surface area contributed by atoms with Gasteiger partial charge in [0.05, 0.1) is 13.3 Å². The van der Waals surface area contributed by atoms with Crippen LogP contribution in [0.2, 0.25) is 0 Å². The molecule has 170 valence electrons. The molecule has 3 N–H and O–H groups in total. The van der Waals surface area contributed by atoms with Crippen molar-refractivity contribution < 1.29 is 23.9 Å². The van der Waals surface area contributed by atoms with Crippen LogP contribution in [0.15, 0.2) is 47.6 Å². The van der Waals surface area contributed by atoms with Crippen LogP contribution < -0.4 is 25.5 Å². The quantitative estimate of drug-likeness (QED) is 0.314. The molecule has 0 unspecified atom stereocenters. The van der Waals surface area contributed by atoms with Crippen molar-refractivity contribution in [1.29, 1.82) is 0 Å². The van der Waals surface area contributed by atoms with E-state index in [1.54, 1.807) is 18.2 Å². The molecule has 3 amide bonds. The molecule has 0 aliphatic rings. The fourth-order valence-electron chi connectivity index (χ4n) is 2.52. The third kappa shape index (κ3) is 7.75. The maximum atomic E-state index is 12.2. The van der Waals surface area contributed by atoms with Crippen molar-refractivity contribution in [2.24, 2.45) is 11.0 Å². The topological polar surface area (TPSA) is 118 Å². The Balaban J connectivity index is 1.91. The van der Waals surface area contributed by atoms with Crippen LogP contribution in [0.5, 0.6) is 11.5 Å². The van der Waals surface area contributed by atoms with E-state index in [0.29, 0.717) is 23.6 Å². The lowest BCUT2D eigenvalue weighted by atomic mass is 10.2. The average molecular weight is 441 g/mol. The zero-order chi connectivity index (χ0) is 23.5. The highest BCUT2D eigenvalue weighted by atomic mass is 16.5. The molecule has 9 heteroatoms. The predicted octanol–water partition coefficient (Wildman–Crippen LogP) is 2.24. The Kier molecular flexibility index (Phi) is 9.22. The third-order valence-corrected chi connectivity index (χ3v) is 4.22. The number of benzene rings is 2. The van der Waals surface area contributed by atoms with Crippen molar-refractivity contribution in [1.82, 2.24) is 10.7 Å². The van der Waals surface area contributed by atoms with E-state index in [4.69, 9.17) is 9.47 Å². The number of ether oxygens (including phenoxy) is 2. The van der Waals surface area contributed by atoms with E-state index in [1.165, 1.54) is 13.3 Å². The lowest BCUT2D eigenvalue weighted by Gasteiger charge is -2.12. The van der Waals surface area contributed by atoms with Gasteiger partial charge in [-0.05, 0) is 48.2 Å². The van der Waals surface area contributed by atoms with Gasteiger partial charge in [0.15, 0.2) is 18.1 Å². The number of carbonyl (C=O) groups excluding carboxylic acids is 3. The summed E-state index contributed by atoms with van der Waals surface area (Å²) in [7, 11) is 1.47. The van der Waals surface area contributed by atoms with Gasteiger partial charge in [0.1, 0.15) is 0 Å². The van der Waals surface area contributed by atoms with Crippen molar-refractivity contribution in [3.63, 3.8) is 0 Å². The zero-order valence-electron chi connectivity index (χ0n) is 18.6. The third-order valence-electron chi connectivity index (χ3n) is 4.22. The van der Waals surface area contributed by atoms with Gasteiger partial charge in [-0.1, -0.05) is 32.0 Å². The Hall–Kier alpha value is -3.88. The molecule has 0 heterocycles. The highest BCUT2D eigenvalue weighted by Crippen LogP contribution is 2.27. The fourth-order valence-corrected chi connectivity index (χ4v) is 2.52. The van der Waals surface area contributed by atoms with E-state index in [0.717, 1.165) is 11.3 Å². The molecule has 2 aromatic carbocycles. The lowest BCUT2D eigenvalue weighted by Crippen LogP contribution is -2.39. The minimum absolute atomic E-state index is 0.195. The molecule has 0 aromatic heterocycles. The largest absolute Gasteiger partial charge is 0.493 e. The number of carbonyl (C=O) groups is 3. The van der Waals surface area contributed by atoms with E-state index in [1.807, 2.05) is 45.0 Å². The van der Waals surface area contributed by atoms with Gasteiger partial charge in [0, 0.05) is 12.2 Å². The number of hydrazone groups is 1. The molecule has 2 rings (SSSR count). The van der Waals surface area contributed by atoms with Crippen molar-refractivity contribution >= 4 is 29.6 Å². The first-order chi connectivity index (χ1) is 15.3. The summed E-state index contributed by atoms with van der Waals surface area (Å²) in [5.41, 5.74) is 4.44. The fraction of sp³-hybridized carbons (Fsp3) is 0.304. The number of hydrogen-bond donors (Lipinski definition) is 3. The second kappa shape index (κ2) is 12.1. The Bertz CT molecular complexity index is 988. The molecule has 9 nitrogen and oxygen atoms in total. The van der Waals surface area contributed by atoms with E-state index in [-0.39, 0.29) is 18.4 Å². The van der Waals surface area contributed by atoms with Gasteiger partial charge in [0.25, 0.3) is 5.91 Å². The van der Waals surface area contributed by atoms with Crippen molar-refractivity contribution in [2.75, 3.05) is 25.6 Å². The Morgan fingerprint density at radius 3 is 2.50 bits per heavy atom. The number of nitrogens with zero attached hydrogens (tertiary/aromatic N) is 1. The molecule has 0 radical (unpaired) electrons. The molecule has 0 saturated carbocycles.